The van der Waals surface area contributed by atoms with Crippen LogP contribution in [-0.2, 0) is 14.4 Å². The number of primary amides is 2. The fourth-order valence-electron chi connectivity index (χ4n) is 2.74. The Morgan fingerprint density at radius 2 is 1.65 bits per heavy atom. The second-order valence-electron chi connectivity index (χ2n) is 5.59. The molecule has 3 unspecified atom stereocenters. The van der Waals surface area contributed by atoms with Crippen molar-refractivity contribution in [2.45, 2.75) is 23.5 Å². The van der Waals surface area contributed by atoms with E-state index in [-0.39, 0.29) is 24.2 Å². The van der Waals surface area contributed by atoms with Gasteiger partial charge in [-0.3, -0.25) is 14.4 Å². The van der Waals surface area contributed by atoms with Gasteiger partial charge in [-0.25, -0.2) is 0 Å². The molecule has 1 aliphatic rings. The molecule has 0 aliphatic carbocycles. The molecule has 0 aromatic heterocycles. The van der Waals surface area contributed by atoms with Crippen molar-refractivity contribution in [2.75, 3.05) is 13.1 Å². The Labute approximate surface area is 139 Å². The van der Waals surface area contributed by atoms with Crippen molar-refractivity contribution in [3.05, 3.63) is 30.3 Å². The number of amides is 3. The summed E-state index contributed by atoms with van der Waals surface area (Å²) in [6.07, 6.45) is 0.650. The number of nitrogens with two attached hydrogens (primary N) is 2. The Morgan fingerprint density at radius 3 is 2.09 bits per heavy atom. The monoisotopic (exact) mass is 335 g/mol. The molecular weight excluding hydrogens is 314 g/mol. The lowest BCUT2D eigenvalue weighted by Gasteiger charge is -2.22. The van der Waals surface area contributed by atoms with Crippen LogP contribution in [0.25, 0.3) is 0 Å². The van der Waals surface area contributed by atoms with E-state index in [0.29, 0.717) is 6.42 Å². The molecule has 23 heavy (non-hydrogen) atoms. The van der Waals surface area contributed by atoms with E-state index >= 15 is 0 Å². The predicted molar refractivity (Wildman–Crippen MR) is 88.3 cm³/mol. The van der Waals surface area contributed by atoms with Gasteiger partial charge in [-0.15, -0.1) is 11.8 Å². The lowest BCUT2D eigenvalue weighted by atomic mass is 9.95. The van der Waals surface area contributed by atoms with Gasteiger partial charge in [-0.05, 0) is 18.6 Å². The zero-order valence-corrected chi connectivity index (χ0v) is 13.8. The van der Waals surface area contributed by atoms with Gasteiger partial charge in [0.15, 0.2) is 0 Å². The maximum atomic E-state index is 12.7. The summed E-state index contributed by atoms with van der Waals surface area (Å²) in [4.78, 5) is 38.2. The predicted octanol–water partition coefficient (Wildman–Crippen LogP) is 0.602. The number of carbonyl (C=O) groups is 3. The Bertz CT molecular complexity index is 571. The summed E-state index contributed by atoms with van der Waals surface area (Å²) in [5, 5.41) is -0.266. The molecule has 7 heteroatoms. The molecule has 3 atom stereocenters. The molecule has 2 rings (SSSR count). The van der Waals surface area contributed by atoms with Gasteiger partial charge in [-0.2, -0.15) is 0 Å². The molecule has 3 amide bonds. The maximum absolute atomic E-state index is 12.7. The summed E-state index contributed by atoms with van der Waals surface area (Å²) in [6.45, 7) is 2.26. The highest BCUT2D eigenvalue weighted by Gasteiger charge is 2.42. The first kappa shape index (κ1) is 17.3. The number of hydrogen-bond donors (Lipinski definition) is 2. The van der Waals surface area contributed by atoms with Crippen LogP contribution in [0.1, 0.15) is 13.3 Å². The summed E-state index contributed by atoms with van der Waals surface area (Å²) in [6, 6.07) is 9.65. The van der Waals surface area contributed by atoms with Gasteiger partial charge in [-0.1, -0.05) is 25.1 Å². The van der Waals surface area contributed by atoms with Crippen LogP contribution >= 0.6 is 11.8 Å². The van der Waals surface area contributed by atoms with Crippen LogP contribution in [0, 0.1) is 11.8 Å². The zero-order valence-electron chi connectivity index (χ0n) is 13.0. The van der Waals surface area contributed by atoms with Crippen molar-refractivity contribution in [3.63, 3.8) is 0 Å². The minimum Gasteiger partial charge on any atom is -0.369 e. The molecule has 1 aromatic rings. The molecule has 0 saturated carbocycles. The first-order valence-electron chi connectivity index (χ1n) is 7.53. The molecule has 0 radical (unpaired) electrons. The van der Waals surface area contributed by atoms with Crippen LogP contribution in [0.2, 0.25) is 0 Å². The highest BCUT2D eigenvalue weighted by atomic mass is 32.2. The SMILES string of the molecule is CCC(Sc1ccccc1)C(=O)N1CC(C(N)=O)C(C(N)=O)C1. The van der Waals surface area contributed by atoms with Gasteiger partial charge in [0, 0.05) is 18.0 Å². The summed E-state index contributed by atoms with van der Waals surface area (Å²) < 4.78 is 0. The van der Waals surface area contributed by atoms with E-state index in [1.165, 1.54) is 16.7 Å². The molecule has 0 spiro atoms. The molecule has 0 bridgehead atoms. The Morgan fingerprint density at radius 1 is 1.13 bits per heavy atom. The topological polar surface area (TPSA) is 106 Å². The average molecular weight is 335 g/mol. The quantitative estimate of drug-likeness (QED) is 0.742. The third kappa shape index (κ3) is 4.04. The van der Waals surface area contributed by atoms with Gasteiger partial charge in [0.2, 0.25) is 17.7 Å². The van der Waals surface area contributed by atoms with Crippen LogP contribution in [0.15, 0.2) is 35.2 Å². The number of thioether (sulfide) groups is 1. The van der Waals surface area contributed by atoms with Crippen molar-refractivity contribution < 1.29 is 14.4 Å². The highest BCUT2D eigenvalue weighted by molar-refractivity contribution is 8.00. The van der Waals surface area contributed by atoms with Crippen molar-refractivity contribution in [3.8, 4) is 0 Å². The smallest absolute Gasteiger partial charge is 0.236 e. The highest BCUT2D eigenvalue weighted by Crippen LogP contribution is 2.30. The van der Waals surface area contributed by atoms with Crippen molar-refractivity contribution in [1.82, 2.24) is 4.90 Å². The summed E-state index contributed by atoms with van der Waals surface area (Å²) in [5.74, 6) is -2.66. The normalized spacial score (nSPS) is 21.9. The molecule has 1 saturated heterocycles. The van der Waals surface area contributed by atoms with E-state index in [1.54, 1.807) is 0 Å². The minimum absolute atomic E-state index is 0.0867. The Hall–Kier alpha value is -2.02. The third-order valence-electron chi connectivity index (χ3n) is 4.03. The fourth-order valence-corrected chi connectivity index (χ4v) is 3.80. The van der Waals surface area contributed by atoms with Gasteiger partial charge >= 0.3 is 0 Å². The van der Waals surface area contributed by atoms with E-state index in [4.69, 9.17) is 11.5 Å². The number of rotatable bonds is 6. The van der Waals surface area contributed by atoms with E-state index < -0.39 is 23.7 Å². The molecule has 4 N–H and O–H groups in total. The zero-order chi connectivity index (χ0) is 17.0. The molecular formula is C16H21N3O3S. The first-order chi connectivity index (χ1) is 10.9. The average Bonchev–Trinajstić information content (AvgIpc) is 2.99. The van der Waals surface area contributed by atoms with E-state index in [0.717, 1.165) is 4.90 Å². The fraction of sp³-hybridized carbons (Fsp3) is 0.438. The molecule has 1 aromatic carbocycles. The Balaban J connectivity index is 2.09. The number of likely N-dealkylation sites (tertiary alicyclic amines) is 1. The largest absolute Gasteiger partial charge is 0.369 e. The number of hydrogen-bond acceptors (Lipinski definition) is 4. The van der Waals surface area contributed by atoms with Crippen LogP contribution in [-0.4, -0.2) is 41.0 Å². The van der Waals surface area contributed by atoms with E-state index in [2.05, 4.69) is 0 Å². The summed E-state index contributed by atoms with van der Waals surface area (Å²) in [5.41, 5.74) is 10.7. The van der Waals surface area contributed by atoms with Gasteiger partial charge < -0.3 is 16.4 Å². The van der Waals surface area contributed by atoms with Gasteiger partial charge in [0.25, 0.3) is 0 Å². The van der Waals surface area contributed by atoms with E-state index in [9.17, 15) is 14.4 Å². The van der Waals surface area contributed by atoms with Crippen LogP contribution in [0.3, 0.4) is 0 Å². The molecule has 6 nitrogen and oxygen atoms in total. The minimum atomic E-state index is -0.698. The van der Waals surface area contributed by atoms with Crippen LogP contribution < -0.4 is 11.5 Å². The van der Waals surface area contributed by atoms with Crippen LogP contribution in [0.5, 0.6) is 0 Å². The molecule has 1 aliphatic heterocycles. The second-order valence-corrected chi connectivity index (χ2v) is 6.86. The van der Waals surface area contributed by atoms with E-state index in [1.807, 2.05) is 37.3 Å². The number of nitrogens with zero attached hydrogens (tertiary/aromatic N) is 1. The number of benzene rings is 1. The molecule has 124 valence electrons. The van der Waals surface area contributed by atoms with Crippen molar-refractivity contribution in [1.29, 1.82) is 0 Å². The maximum Gasteiger partial charge on any atom is 0.236 e. The Kier molecular flexibility index (Phi) is 5.65. The van der Waals surface area contributed by atoms with Crippen LogP contribution in [0.4, 0.5) is 0 Å². The first-order valence-corrected chi connectivity index (χ1v) is 8.41. The standard InChI is InChI=1S/C16H21N3O3S/c1-2-13(23-10-6-4-3-5-7-10)16(22)19-8-11(14(17)20)12(9-19)15(18)21/h3-7,11-13H,2,8-9H2,1H3,(H2,17,20)(H2,18,21). The van der Waals surface area contributed by atoms with Gasteiger partial charge in [0.1, 0.15) is 0 Å². The van der Waals surface area contributed by atoms with Gasteiger partial charge in [0.05, 0.1) is 17.1 Å². The second kappa shape index (κ2) is 7.50. The number of carbonyl (C=O) groups excluding carboxylic acids is 3. The summed E-state index contributed by atoms with van der Waals surface area (Å²) >= 11 is 1.48. The molecule has 1 heterocycles. The lowest BCUT2D eigenvalue weighted by Crippen LogP contribution is -2.37. The lowest BCUT2D eigenvalue weighted by molar-refractivity contribution is -0.130. The summed E-state index contributed by atoms with van der Waals surface area (Å²) in [7, 11) is 0. The van der Waals surface area contributed by atoms with Crippen molar-refractivity contribution >= 4 is 29.5 Å². The molecule has 1 fully saturated rings. The third-order valence-corrected chi connectivity index (χ3v) is 5.39. The van der Waals surface area contributed by atoms with Crippen molar-refractivity contribution in [2.24, 2.45) is 23.3 Å².